The van der Waals surface area contributed by atoms with Gasteiger partial charge in [-0.3, -0.25) is 9.69 Å². The summed E-state index contributed by atoms with van der Waals surface area (Å²) in [5.74, 6) is 1.95. The van der Waals surface area contributed by atoms with Gasteiger partial charge in [0.25, 0.3) is 0 Å². The van der Waals surface area contributed by atoms with Crippen molar-refractivity contribution in [2.45, 2.75) is 44.7 Å². The Morgan fingerprint density at radius 3 is 3.00 bits per heavy atom. The Labute approximate surface area is 113 Å². The molecular weight excluding hydrogens is 240 g/mol. The van der Waals surface area contributed by atoms with E-state index in [4.69, 9.17) is 0 Å². The molecule has 4 unspecified atom stereocenters. The van der Waals surface area contributed by atoms with Crippen LogP contribution in [0.2, 0.25) is 0 Å². The van der Waals surface area contributed by atoms with Crippen molar-refractivity contribution in [3.05, 3.63) is 12.5 Å². The van der Waals surface area contributed by atoms with E-state index in [9.17, 15) is 4.79 Å². The molecule has 1 aromatic heterocycles. The second kappa shape index (κ2) is 4.96. The molecule has 1 aliphatic heterocycles. The van der Waals surface area contributed by atoms with Crippen molar-refractivity contribution in [2.24, 2.45) is 11.8 Å². The third-order valence-electron chi connectivity index (χ3n) is 4.74. The van der Waals surface area contributed by atoms with Crippen LogP contribution in [0.1, 0.15) is 32.6 Å². The first-order valence-electron chi connectivity index (χ1n) is 7.21. The van der Waals surface area contributed by atoms with Crippen molar-refractivity contribution in [3.63, 3.8) is 0 Å². The van der Waals surface area contributed by atoms with Crippen LogP contribution >= 0.6 is 0 Å². The summed E-state index contributed by atoms with van der Waals surface area (Å²) < 4.78 is 0. The number of hydrogen-bond donors (Lipinski definition) is 2. The fraction of sp³-hybridized carbons (Fsp3) is 0.714. The van der Waals surface area contributed by atoms with Gasteiger partial charge in [0.15, 0.2) is 5.82 Å². The molecule has 1 amide bonds. The molecule has 4 atom stereocenters. The molecule has 0 bridgehead atoms. The van der Waals surface area contributed by atoms with Gasteiger partial charge in [-0.1, -0.05) is 13.3 Å². The first-order chi connectivity index (χ1) is 9.22. The minimum absolute atomic E-state index is 0.0951. The zero-order chi connectivity index (χ0) is 13.4. The zero-order valence-corrected chi connectivity index (χ0v) is 11.6. The van der Waals surface area contributed by atoms with Crippen LogP contribution in [0.5, 0.6) is 0 Å². The van der Waals surface area contributed by atoms with E-state index in [1.54, 1.807) is 6.33 Å². The summed E-state index contributed by atoms with van der Waals surface area (Å²) in [6.45, 7) is 2.18. The second-order valence-electron chi connectivity index (χ2n) is 5.87. The molecule has 1 aliphatic carbocycles. The fourth-order valence-electron chi connectivity index (χ4n) is 3.88. The van der Waals surface area contributed by atoms with E-state index in [2.05, 4.69) is 22.2 Å². The number of aromatic amines is 1. The third-order valence-corrected chi connectivity index (χ3v) is 4.74. The number of aromatic nitrogens is 2. The summed E-state index contributed by atoms with van der Waals surface area (Å²) in [5.41, 5.74) is 0. The maximum Gasteiger partial charge on any atom is 0.245 e. The molecule has 0 spiro atoms. The van der Waals surface area contributed by atoms with Gasteiger partial charge in [-0.25, -0.2) is 4.98 Å². The highest BCUT2D eigenvalue weighted by atomic mass is 16.2. The Balaban J connectivity index is 1.99. The van der Waals surface area contributed by atoms with Crippen molar-refractivity contribution in [2.75, 3.05) is 11.9 Å². The quantitative estimate of drug-likeness (QED) is 0.850. The predicted octanol–water partition coefficient (Wildman–Crippen LogP) is 1.54. The summed E-state index contributed by atoms with van der Waals surface area (Å²) in [6, 6.07) is 0.235. The molecule has 2 aliphatic rings. The molecule has 5 heteroatoms. The molecule has 19 heavy (non-hydrogen) atoms. The fourth-order valence-corrected chi connectivity index (χ4v) is 3.88. The van der Waals surface area contributed by atoms with Crippen LogP contribution in [0.3, 0.4) is 0 Å². The number of rotatable bonds is 2. The zero-order valence-electron chi connectivity index (χ0n) is 11.6. The number of anilines is 1. The first-order valence-corrected chi connectivity index (χ1v) is 7.21. The molecule has 1 aromatic rings. The molecule has 1 saturated carbocycles. The van der Waals surface area contributed by atoms with Crippen molar-refractivity contribution in [3.8, 4) is 0 Å². The van der Waals surface area contributed by atoms with E-state index in [-0.39, 0.29) is 11.9 Å². The minimum atomic E-state index is -0.0951. The monoisotopic (exact) mass is 262 g/mol. The van der Waals surface area contributed by atoms with Crippen molar-refractivity contribution in [1.82, 2.24) is 15.3 Å². The highest BCUT2D eigenvalue weighted by Crippen LogP contribution is 2.39. The van der Waals surface area contributed by atoms with Crippen LogP contribution in [-0.2, 0) is 4.79 Å². The van der Waals surface area contributed by atoms with Crippen LogP contribution in [0.25, 0.3) is 0 Å². The Morgan fingerprint density at radius 2 is 2.32 bits per heavy atom. The van der Waals surface area contributed by atoms with Gasteiger partial charge in [0.1, 0.15) is 0 Å². The van der Waals surface area contributed by atoms with E-state index < -0.39 is 0 Å². The smallest absolute Gasteiger partial charge is 0.245 e. The topological polar surface area (TPSA) is 61.0 Å². The van der Waals surface area contributed by atoms with E-state index in [0.717, 1.165) is 18.7 Å². The molecule has 5 nitrogen and oxygen atoms in total. The SMILES string of the molecule is CNC1C(=O)N(c2c[nH]cn2)C2CCCC2CC1C. The highest BCUT2D eigenvalue weighted by Gasteiger charge is 2.44. The molecule has 2 N–H and O–H groups in total. The van der Waals surface area contributed by atoms with Gasteiger partial charge in [-0.05, 0) is 38.1 Å². The van der Waals surface area contributed by atoms with Gasteiger partial charge in [0.2, 0.25) is 5.91 Å². The summed E-state index contributed by atoms with van der Waals surface area (Å²) in [7, 11) is 1.88. The molecule has 3 rings (SSSR count). The molecule has 1 saturated heterocycles. The lowest BCUT2D eigenvalue weighted by atomic mass is 9.90. The number of H-pyrrole nitrogens is 1. The number of nitrogens with one attached hydrogen (secondary N) is 2. The van der Waals surface area contributed by atoms with Crippen LogP contribution in [0.4, 0.5) is 5.82 Å². The van der Waals surface area contributed by atoms with Gasteiger partial charge in [0.05, 0.1) is 12.4 Å². The lowest BCUT2D eigenvalue weighted by Gasteiger charge is -2.30. The average molecular weight is 262 g/mol. The first kappa shape index (κ1) is 12.7. The number of imidazole rings is 1. The Hall–Kier alpha value is -1.36. The predicted molar refractivity (Wildman–Crippen MR) is 73.8 cm³/mol. The van der Waals surface area contributed by atoms with Crippen molar-refractivity contribution >= 4 is 11.7 Å². The van der Waals surface area contributed by atoms with Gasteiger partial charge in [-0.2, -0.15) is 0 Å². The van der Waals surface area contributed by atoms with Crippen LogP contribution in [-0.4, -0.2) is 35.0 Å². The largest absolute Gasteiger partial charge is 0.349 e. The molecule has 0 radical (unpaired) electrons. The normalized spacial score (nSPS) is 35.3. The van der Waals surface area contributed by atoms with Crippen LogP contribution < -0.4 is 10.2 Å². The Bertz CT molecular complexity index is 444. The number of likely N-dealkylation sites (N-methyl/N-ethyl adjacent to an activating group) is 1. The highest BCUT2D eigenvalue weighted by molar-refractivity contribution is 5.97. The lowest BCUT2D eigenvalue weighted by Crippen LogP contribution is -2.50. The summed E-state index contributed by atoms with van der Waals surface area (Å²) in [6.07, 6.45) is 8.17. The van der Waals surface area contributed by atoms with Gasteiger partial charge < -0.3 is 10.3 Å². The summed E-state index contributed by atoms with van der Waals surface area (Å²) in [5, 5.41) is 3.20. The van der Waals surface area contributed by atoms with Crippen molar-refractivity contribution < 1.29 is 4.79 Å². The minimum Gasteiger partial charge on any atom is -0.349 e. The standard InChI is InChI=1S/C14H22N4O/c1-9-6-10-4-3-5-11(10)18(12-7-16-8-17-12)14(19)13(9)15-2/h7-11,13,15H,3-6H2,1-2H3,(H,16,17). The molecule has 2 fully saturated rings. The van der Waals surface area contributed by atoms with Gasteiger partial charge in [0, 0.05) is 12.2 Å². The lowest BCUT2D eigenvalue weighted by molar-refractivity contribution is -0.121. The third kappa shape index (κ3) is 2.06. The van der Waals surface area contributed by atoms with Crippen molar-refractivity contribution in [1.29, 1.82) is 0 Å². The maximum absolute atomic E-state index is 12.8. The number of hydrogen-bond acceptors (Lipinski definition) is 3. The molecule has 0 aromatic carbocycles. The van der Waals surface area contributed by atoms with E-state index >= 15 is 0 Å². The van der Waals surface area contributed by atoms with E-state index in [0.29, 0.717) is 17.9 Å². The Morgan fingerprint density at radius 1 is 1.47 bits per heavy atom. The number of carbonyl (C=O) groups excluding carboxylic acids is 1. The van der Waals surface area contributed by atoms with Crippen LogP contribution in [0, 0.1) is 11.8 Å². The number of fused-ring (bicyclic) bond motifs is 1. The van der Waals surface area contributed by atoms with Gasteiger partial charge >= 0.3 is 0 Å². The second-order valence-corrected chi connectivity index (χ2v) is 5.87. The summed E-state index contributed by atoms with van der Waals surface area (Å²) in [4.78, 5) is 22.1. The average Bonchev–Trinajstić information content (AvgIpc) is 3.02. The molecule has 2 heterocycles. The number of nitrogens with zero attached hydrogens (tertiary/aromatic N) is 2. The maximum atomic E-state index is 12.8. The number of amides is 1. The molecule has 104 valence electrons. The van der Waals surface area contributed by atoms with E-state index in [1.807, 2.05) is 18.1 Å². The summed E-state index contributed by atoms with van der Waals surface area (Å²) >= 11 is 0. The Kier molecular flexibility index (Phi) is 3.31. The number of carbonyl (C=O) groups is 1. The molecular formula is C14H22N4O. The van der Waals surface area contributed by atoms with Gasteiger partial charge in [-0.15, -0.1) is 0 Å². The van der Waals surface area contributed by atoms with E-state index in [1.165, 1.54) is 12.8 Å². The van der Waals surface area contributed by atoms with Crippen LogP contribution in [0.15, 0.2) is 12.5 Å².